The lowest BCUT2D eigenvalue weighted by Gasteiger charge is -2.34. The lowest BCUT2D eigenvalue weighted by molar-refractivity contribution is 0.260. The number of hydrogen-bond acceptors (Lipinski definition) is 6. The molecule has 156 valence electrons. The largest absolute Gasteiger partial charge is 0.496 e. The molecule has 1 saturated heterocycles. The first kappa shape index (κ1) is 20.9. The highest BCUT2D eigenvalue weighted by Gasteiger charge is 2.18. The molecule has 2 heterocycles. The molecule has 3 rings (SSSR count). The molecule has 0 bridgehead atoms. The van der Waals surface area contributed by atoms with E-state index in [1.165, 1.54) is 5.56 Å². The van der Waals surface area contributed by atoms with Crippen molar-refractivity contribution in [2.45, 2.75) is 6.42 Å². The summed E-state index contributed by atoms with van der Waals surface area (Å²) in [5.74, 6) is 2.58. The first-order valence-corrected chi connectivity index (χ1v) is 10.1. The van der Waals surface area contributed by atoms with Gasteiger partial charge in [0, 0.05) is 65.3 Å². The summed E-state index contributed by atoms with van der Waals surface area (Å²) in [6.07, 6.45) is 4.48. The zero-order valence-electron chi connectivity index (χ0n) is 17.3. The molecular formula is C21H31N7O. The Morgan fingerprint density at radius 1 is 1.03 bits per heavy atom. The Morgan fingerprint density at radius 3 is 2.48 bits per heavy atom. The van der Waals surface area contributed by atoms with Crippen LogP contribution < -0.4 is 20.3 Å². The number of methoxy groups -OCH3 is 1. The summed E-state index contributed by atoms with van der Waals surface area (Å²) in [4.78, 5) is 17.7. The monoisotopic (exact) mass is 397 g/mol. The SMILES string of the molecule is CN=C(NCCc1ccccc1OC)NCCN1CCN(c2ncccn2)CC1. The van der Waals surface area contributed by atoms with E-state index < -0.39 is 0 Å². The summed E-state index contributed by atoms with van der Waals surface area (Å²) in [6.45, 7) is 6.58. The van der Waals surface area contributed by atoms with Crippen molar-refractivity contribution in [2.24, 2.45) is 4.99 Å². The highest BCUT2D eigenvalue weighted by molar-refractivity contribution is 5.79. The Balaban J connectivity index is 1.33. The van der Waals surface area contributed by atoms with Crippen LogP contribution in [0.5, 0.6) is 5.75 Å². The lowest BCUT2D eigenvalue weighted by Crippen LogP contribution is -2.49. The number of ether oxygens (including phenoxy) is 1. The molecule has 2 N–H and O–H groups in total. The molecule has 0 atom stereocenters. The quantitative estimate of drug-likeness (QED) is 0.509. The molecule has 0 spiro atoms. The second-order valence-corrected chi connectivity index (χ2v) is 6.87. The minimum Gasteiger partial charge on any atom is -0.496 e. The van der Waals surface area contributed by atoms with Gasteiger partial charge in [-0.1, -0.05) is 18.2 Å². The molecular weight excluding hydrogens is 366 g/mol. The van der Waals surface area contributed by atoms with E-state index in [2.05, 4.69) is 41.5 Å². The number of benzene rings is 1. The molecule has 1 aliphatic rings. The molecule has 0 radical (unpaired) electrons. The van der Waals surface area contributed by atoms with Gasteiger partial charge in [0.1, 0.15) is 5.75 Å². The van der Waals surface area contributed by atoms with Gasteiger partial charge in [-0.3, -0.25) is 9.89 Å². The van der Waals surface area contributed by atoms with Crippen LogP contribution in [0.2, 0.25) is 0 Å². The van der Waals surface area contributed by atoms with Crippen molar-refractivity contribution in [1.29, 1.82) is 0 Å². The number of nitrogens with zero attached hydrogens (tertiary/aromatic N) is 5. The van der Waals surface area contributed by atoms with Gasteiger partial charge in [-0.25, -0.2) is 9.97 Å². The van der Waals surface area contributed by atoms with Crippen LogP contribution in [-0.4, -0.2) is 80.8 Å². The van der Waals surface area contributed by atoms with Crippen LogP contribution >= 0.6 is 0 Å². The maximum atomic E-state index is 5.41. The van der Waals surface area contributed by atoms with Crippen LogP contribution in [0.4, 0.5) is 5.95 Å². The summed E-state index contributed by atoms with van der Waals surface area (Å²) in [7, 11) is 3.51. The molecule has 1 fully saturated rings. The molecule has 29 heavy (non-hydrogen) atoms. The maximum absolute atomic E-state index is 5.41. The summed E-state index contributed by atoms with van der Waals surface area (Å²) < 4.78 is 5.41. The Hall–Kier alpha value is -2.87. The minimum absolute atomic E-state index is 0.801. The van der Waals surface area contributed by atoms with Crippen molar-refractivity contribution in [3.63, 3.8) is 0 Å². The fourth-order valence-corrected chi connectivity index (χ4v) is 3.40. The van der Waals surface area contributed by atoms with Gasteiger partial charge in [-0.05, 0) is 24.1 Å². The van der Waals surface area contributed by atoms with Gasteiger partial charge in [-0.15, -0.1) is 0 Å². The predicted octanol–water partition coefficient (Wildman–Crippen LogP) is 1.01. The fraction of sp³-hybridized carbons (Fsp3) is 0.476. The molecule has 2 aromatic rings. The van der Waals surface area contributed by atoms with E-state index in [4.69, 9.17) is 4.74 Å². The van der Waals surface area contributed by atoms with Gasteiger partial charge < -0.3 is 20.3 Å². The van der Waals surface area contributed by atoms with Gasteiger partial charge in [0.25, 0.3) is 0 Å². The first-order valence-electron chi connectivity index (χ1n) is 10.1. The lowest BCUT2D eigenvalue weighted by atomic mass is 10.1. The van der Waals surface area contributed by atoms with Gasteiger partial charge in [0.2, 0.25) is 5.95 Å². The Kier molecular flexibility index (Phi) is 8.06. The number of nitrogens with one attached hydrogen (secondary N) is 2. The summed E-state index contributed by atoms with van der Waals surface area (Å²) in [6, 6.07) is 9.96. The number of rotatable bonds is 8. The van der Waals surface area contributed by atoms with Crippen molar-refractivity contribution in [2.75, 3.05) is 64.9 Å². The zero-order valence-corrected chi connectivity index (χ0v) is 17.3. The Bertz CT molecular complexity index is 761. The molecule has 1 aliphatic heterocycles. The zero-order chi connectivity index (χ0) is 20.3. The highest BCUT2D eigenvalue weighted by atomic mass is 16.5. The van der Waals surface area contributed by atoms with Crippen LogP contribution in [0, 0.1) is 0 Å². The molecule has 1 aromatic carbocycles. The number of piperazine rings is 1. The number of aromatic nitrogens is 2. The first-order chi connectivity index (χ1) is 14.3. The fourth-order valence-electron chi connectivity index (χ4n) is 3.40. The third kappa shape index (κ3) is 6.32. The van der Waals surface area contributed by atoms with Crippen molar-refractivity contribution in [3.05, 3.63) is 48.3 Å². The summed E-state index contributed by atoms with van der Waals surface area (Å²) in [5.41, 5.74) is 1.19. The van der Waals surface area contributed by atoms with E-state index >= 15 is 0 Å². The van der Waals surface area contributed by atoms with Gasteiger partial charge in [-0.2, -0.15) is 0 Å². The number of guanidine groups is 1. The Morgan fingerprint density at radius 2 is 1.76 bits per heavy atom. The topological polar surface area (TPSA) is 77.9 Å². The third-order valence-electron chi connectivity index (χ3n) is 5.03. The molecule has 0 amide bonds. The summed E-state index contributed by atoms with van der Waals surface area (Å²) >= 11 is 0. The van der Waals surface area contributed by atoms with Gasteiger partial charge in [0.05, 0.1) is 7.11 Å². The highest BCUT2D eigenvalue weighted by Crippen LogP contribution is 2.17. The van der Waals surface area contributed by atoms with Crippen LogP contribution in [0.15, 0.2) is 47.7 Å². The van der Waals surface area contributed by atoms with Crippen LogP contribution in [0.25, 0.3) is 0 Å². The molecule has 0 aliphatic carbocycles. The molecule has 8 nitrogen and oxygen atoms in total. The van der Waals surface area contributed by atoms with Gasteiger partial charge >= 0.3 is 0 Å². The molecule has 8 heteroatoms. The number of aliphatic imine (C=N–C) groups is 1. The maximum Gasteiger partial charge on any atom is 0.225 e. The number of para-hydroxylation sites is 1. The van der Waals surface area contributed by atoms with Crippen molar-refractivity contribution in [3.8, 4) is 5.75 Å². The second-order valence-electron chi connectivity index (χ2n) is 6.87. The number of anilines is 1. The second kappa shape index (κ2) is 11.2. The van der Waals surface area contributed by atoms with Crippen molar-refractivity contribution in [1.82, 2.24) is 25.5 Å². The summed E-state index contributed by atoms with van der Waals surface area (Å²) in [5, 5.41) is 6.78. The van der Waals surface area contributed by atoms with Crippen LogP contribution in [0.1, 0.15) is 5.56 Å². The smallest absolute Gasteiger partial charge is 0.225 e. The third-order valence-corrected chi connectivity index (χ3v) is 5.03. The average Bonchev–Trinajstić information content (AvgIpc) is 2.79. The van der Waals surface area contributed by atoms with E-state index in [1.807, 2.05) is 24.3 Å². The minimum atomic E-state index is 0.801. The van der Waals surface area contributed by atoms with Crippen LogP contribution in [-0.2, 0) is 6.42 Å². The van der Waals surface area contributed by atoms with Crippen molar-refractivity contribution >= 4 is 11.9 Å². The Labute approximate surface area is 173 Å². The molecule has 0 unspecified atom stereocenters. The van der Waals surface area contributed by atoms with E-state index in [0.717, 1.165) is 69.9 Å². The van der Waals surface area contributed by atoms with E-state index in [-0.39, 0.29) is 0 Å². The number of hydrogen-bond donors (Lipinski definition) is 2. The van der Waals surface area contributed by atoms with Crippen molar-refractivity contribution < 1.29 is 4.74 Å². The van der Waals surface area contributed by atoms with E-state index in [9.17, 15) is 0 Å². The molecule has 0 saturated carbocycles. The predicted molar refractivity (Wildman–Crippen MR) is 117 cm³/mol. The van der Waals surface area contributed by atoms with E-state index in [1.54, 1.807) is 26.6 Å². The van der Waals surface area contributed by atoms with Gasteiger partial charge in [0.15, 0.2) is 5.96 Å². The average molecular weight is 398 g/mol. The molecule has 1 aromatic heterocycles. The normalized spacial score (nSPS) is 15.2. The standard InChI is InChI=1S/C21H31N7O/c1-22-20(23-11-8-18-6-3-4-7-19(18)29-2)24-12-13-27-14-16-28(17-15-27)21-25-9-5-10-26-21/h3-7,9-10H,8,11-17H2,1-2H3,(H2,22,23,24). The van der Waals surface area contributed by atoms with E-state index in [0.29, 0.717) is 0 Å². The van der Waals surface area contributed by atoms with Crippen LogP contribution in [0.3, 0.4) is 0 Å².